The van der Waals surface area contributed by atoms with E-state index in [1.165, 1.54) is 6.07 Å². The summed E-state index contributed by atoms with van der Waals surface area (Å²) in [6.07, 6.45) is 2.09. The van der Waals surface area contributed by atoms with Crippen LogP contribution in [0, 0.1) is 11.7 Å². The molecule has 0 saturated carbocycles. The third kappa shape index (κ3) is 2.27. The molecule has 18 heavy (non-hydrogen) atoms. The zero-order valence-corrected chi connectivity index (χ0v) is 11.4. The summed E-state index contributed by atoms with van der Waals surface area (Å²) >= 11 is 3.20. The van der Waals surface area contributed by atoms with Crippen LogP contribution >= 0.6 is 15.9 Å². The van der Waals surface area contributed by atoms with Crippen molar-refractivity contribution in [1.29, 1.82) is 0 Å². The van der Waals surface area contributed by atoms with Gasteiger partial charge in [0.05, 0.1) is 9.99 Å². The number of benzene rings is 1. The van der Waals surface area contributed by atoms with Gasteiger partial charge < -0.3 is 4.74 Å². The monoisotopic (exact) mass is 313 g/mol. The predicted octanol–water partition coefficient (Wildman–Crippen LogP) is 2.76. The second-order valence-corrected chi connectivity index (χ2v) is 5.44. The van der Waals surface area contributed by atoms with Crippen molar-refractivity contribution in [3.63, 3.8) is 0 Å². The summed E-state index contributed by atoms with van der Waals surface area (Å²) in [6, 6.07) is 3.15. The number of aromatic nitrogens is 3. The van der Waals surface area contributed by atoms with Crippen molar-refractivity contribution in [1.82, 2.24) is 15.0 Å². The van der Waals surface area contributed by atoms with Crippen LogP contribution in [0.25, 0.3) is 11.0 Å². The number of halogens is 2. The Morgan fingerprint density at radius 1 is 1.39 bits per heavy atom. The summed E-state index contributed by atoms with van der Waals surface area (Å²) in [5.41, 5.74) is 1.47. The van der Waals surface area contributed by atoms with Gasteiger partial charge in [-0.25, -0.2) is 9.07 Å². The molecule has 6 heteroatoms. The lowest BCUT2D eigenvalue weighted by Gasteiger charge is -2.21. The van der Waals surface area contributed by atoms with E-state index in [-0.39, 0.29) is 5.82 Å². The number of hydrogen-bond acceptors (Lipinski definition) is 3. The van der Waals surface area contributed by atoms with Gasteiger partial charge in [-0.2, -0.15) is 0 Å². The molecule has 96 valence electrons. The molecule has 2 aromatic rings. The molecular formula is C12H13BrFN3O. The van der Waals surface area contributed by atoms with E-state index in [9.17, 15) is 4.39 Å². The summed E-state index contributed by atoms with van der Waals surface area (Å²) in [5, 5.41) is 8.12. The second kappa shape index (κ2) is 4.93. The average Bonchev–Trinajstić information content (AvgIpc) is 2.74. The van der Waals surface area contributed by atoms with Crippen LogP contribution < -0.4 is 0 Å². The number of nitrogens with zero attached hydrogens (tertiary/aromatic N) is 3. The van der Waals surface area contributed by atoms with Crippen LogP contribution in [0.3, 0.4) is 0 Å². The first-order valence-electron chi connectivity index (χ1n) is 6.00. The quantitative estimate of drug-likeness (QED) is 0.856. The molecule has 0 radical (unpaired) electrons. The Kier molecular flexibility index (Phi) is 3.30. The molecule has 0 spiro atoms. The minimum atomic E-state index is -0.305. The average molecular weight is 314 g/mol. The first-order valence-corrected chi connectivity index (χ1v) is 6.79. The van der Waals surface area contributed by atoms with Crippen LogP contribution in [-0.2, 0) is 11.3 Å². The Bertz CT molecular complexity index is 566. The molecule has 1 saturated heterocycles. The number of fused-ring (bicyclic) bond motifs is 1. The molecule has 0 bridgehead atoms. The van der Waals surface area contributed by atoms with E-state index in [1.807, 2.05) is 4.68 Å². The fraction of sp³-hybridized carbons (Fsp3) is 0.500. The molecule has 2 heterocycles. The maximum atomic E-state index is 13.4. The Labute approximate surface area is 112 Å². The van der Waals surface area contributed by atoms with Gasteiger partial charge in [0.1, 0.15) is 11.3 Å². The molecule has 1 aliphatic heterocycles. The van der Waals surface area contributed by atoms with Gasteiger partial charge >= 0.3 is 0 Å². The highest BCUT2D eigenvalue weighted by Crippen LogP contribution is 2.24. The zero-order valence-electron chi connectivity index (χ0n) is 9.77. The van der Waals surface area contributed by atoms with Gasteiger partial charge in [0.2, 0.25) is 0 Å². The van der Waals surface area contributed by atoms with Gasteiger partial charge in [-0.05, 0) is 40.8 Å². The highest BCUT2D eigenvalue weighted by atomic mass is 79.9. The van der Waals surface area contributed by atoms with E-state index in [1.54, 1.807) is 6.07 Å². The third-order valence-corrected chi connectivity index (χ3v) is 3.94. The SMILES string of the molecule is Fc1cc2nnn(CC3CCOCC3)c2cc1Br. The minimum Gasteiger partial charge on any atom is -0.381 e. The predicted molar refractivity (Wildman–Crippen MR) is 68.7 cm³/mol. The van der Waals surface area contributed by atoms with Crippen molar-refractivity contribution >= 4 is 27.0 Å². The van der Waals surface area contributed by atoms with Crippen LogP contribution in [0.1, 0.15) is 12.8 Å². The Hall–Kier alpha value is -1.01. The molecule has 0 amide bonds. The normalized spacial score (nSPS) is 17.4. The van der Waals surface area contributed by atoms with Gasteiger partial charge in [-0.15, -0.1) is 5.10 Å². The number of hydrogen-bond donors (Lipinski definition) is 0. The molecule has 3 rings (SSSR count). The minimum absolute atomic E-state index is 0.305. The smallest absolute Gasteiger partial charge is 0.139 e. The molecule has 0 aliphatic carbocycles. The van der Waals surface area contributed by atoms with Gasteiger partial charge in [0, 0.05) is 25.8 Å². The molecule has 0 atom stereocenters. The topological polar surface area (TPSA) is 39.9 Å². The zero-order chi connectivity index (χ0) is 12.5. The summed E-state index contributed by atoms with van der Waals surface area (Å²) < 4.78 is 21.0. The maximum Gasteiger partial charge on any atom is 0.139 e. The molecule has 0 unspecified atom stereocenters. The van der Waals surface area contributed by atoms with Gasteiger partial charge in [-0.1, -0.05) is 5.21 Å². The molecule has 0 N–H and O–H groups in total. The molecular weight excluding hydrogens is 301 g/mol. The van der Waals surface area contributed by atoms with Crippen LogP contribution in [0.4, 0.5) is 4.39 Å². The van der Waals surface area contributed by atoms with Crippen LogP contribution in [0.2, 0.25) is 0 Å². The highest BCUT2D eigenvalue weighted by molar-refractivity contribution is 9.10. The molecule has 1 aromatic carbocycles. The standard InChI is InChI=1S/C12H13BrFN3O/c13-9-5-12-11(6-10(9)14)15-16-17(12)7-8-1-3-18-4-2-8/h5-6,8H,1-4,7H2. The lowest BCUT2D eigenvalue weighted by molar-refractivity contribution is 0.0604. The Morgan fingerprint density at radius 3 is 2.94 bits per heavy atom. The summed E-state index contributed by atoms with van der Waals surface area (Å²) in [5.74, 6) is 0.257. The second-order valence-electron chi connectivity index (χ2n) is 4.58. The maximum absolute atomic E-state index is 13.4. The molecule has 1 aliphatic rings. The number of ether oxygens (including phenoxy) is 1. The van der Waals surface area contributed by atoms with Crippen LogP contribution in [0.5, 0.6) is 0 Å². The Morgan fingerprint density at radius 2 is 2.17 bits per heavy atom. The van der Waals surface area contributed by atoms with Crippen LogP contribution in [0.15, 0.2) is 16.6 Å². The molecule has 4 nitrogen and oxygen atoms in total. The fourth-order valence-corrected chi connectivity index (χ4v) is 2.60. The van der Waals surface area contributed by atoms with Crippen molar-refractivity contribution in [2.45, 2.75) is 19.4 Å². The lowest BCUT2D eigenvalue weighted by Crippen LogP contribution is -2.20. The highest BCUT2D eigenvalue weighted by Gasteiger charge is 2.17. The summed E-state index contributed by atoms with van der Waals surface area (Å²) in [6.45, 7) is 2.45. The first kappa shape index (κ1) is 12.0. The van der Waals surface area contributed by atoms with E-state index in [0.717, 1.165) is 38.1 Å². The Balaban J connectivity index is 1.89. The largest absolute Gasteiger partial charge is 0.381 e. The number of rotatable bonds is 2. The van der Waals surface area contributed by atoms with Crippen LogP contribution in [-0.4, -0.2) is 28.2 Å². The molecule has 1 fully saturated rings. The van der Waals surface area contributed by atoms with E-state index >= 15 is 0 Å². The van der Waals surface area contributed by atoms with E-state index < -0.39 is 0 Å². The van der Waals surface area contributed by atoms with Crippen molar-refractivity contribution in [2.24, 2.45) is 5.92 Å². The summed E-state index contributed by atoms with van der Waals surface area (Å²) in [4.78, 5) is 0. The van der Waals surface area contributed by atoms with Crippen molar-refractivity contribution in [2.75, 3.05) is 13.2 Å². The van der Waals surface area contributed by atoms with Gasteiger partial charge in [0.25, 0.3) is 0 Å². The fourth-order valence-electron chi connectivity index (χ4n) is 2.27. The summed E-state index contributed by atoms with van der Waals surface area (Å²) in [7, 11) is 0. The van der Waals surface area contributed by atoms with Crippen molar-refractivity contribution in [3.8, 4) is 0 Å². The molecule has 1 aromatic heterocycles. The first-order chi connectivity index (χ1) is 8.74. The van der Waals surface area contributed by atoms with Gasteiger partial charge in [0.15, 0.2) is 0 Å². The lowest BCUT2D eigenvalue weighted by atomic mass is 10.0. The van der Waals surface area contributed by atoms with Crippen molar-refractivity contribution in [3.05, 3.63) is 22.4 Å². The van der Waals surface area contributed by atoms with Gasteiger partial charge in [-0.3, -0.25) is 0 Å². The van der Waals surface area contributed by atoms with Crippen molar-refractivity contribution < 1.29 is 9.13 Å². The van der Waals surface area contributed by atoms with E-state index in [4.69, 9.17) is 4.74 Å². The van der Waals surface area contributed by atoms with E-state index in [2.05, 4.69) is 26.2 Å². The van der Waals surface area contributed by atoms with E-state index in [0.29, 0.717) is 15.9 Å². The third-order valence-electron chi connectivity index (χ3n) is 3.33.